The highest BCUT2D eigenvalue weighted by Gasteiger charge is 2.16. The van der Waals surface area contributed by atoms with Gasteiger partial charge in [-0.15, -0.1) is 5.10 Å². The maximum atomic E-state index is 14.0. The molecule has 26 heavy (non-hydrogen) atoms. The Bertz CT molecular complexity index is 952. The molecule has 2 heterocycles. The van der Waals surface area contributed by atoms with Crippen molar-refractivity contribution < 1.29 is 9.13 Å². The van der Waals surface area contributed by atoms with Crippen LogP contribution in [0.15, 0.2) is 35.4 Å². The van der Waals surface area contributed by atoms with Crippen LogP contribution in [0, 0.1) is 12.7 Å². The van der Waals surface area contributed by atoms with Gasteiger partial charge in [0.05, 0.1) is 6.33 Å². The van der Waals surface area contributed by atoms with Crippen molar-refractivity contribution in [1.82, 2.24) is 24.7 Å². The van der Waals surface area contributed by atoms with Crippen molar-refractivity contribution in [2.24, 2.45) is 0 Å². The number of H-pyrrole nitrogens is 1. The first kappa shape index (κ1) is 17.7. The number of hydrogen-bond acceptors (Lipinski definition) is 6. The summed E-state index contributed by atoms with van der Waals surface area (Å²) in [6.07, 6.45) is 2.06. The van der Waals surface area contributed by atoms with Crippen molar-refractivity contribution >= 4 is 5.95 Å². The molecule has 2 aromatic heterocycles. The maximum Gasteiger partial charge on any atom is 0.252 e. The van der Waals surface area contributed by atoms with E-state index in [0.717, 1.165) is 6.42 Å². The van der Waals surface area contributed by atoms with E-state index < -0.39 is 0 Å². The number of anilines is 1. The lowest BCUT2D eigenvalue weighted by Crippen LogP contribution is -2.11. The van der Waals surface area contributed by atoms with Crippen molar-refractivity contribution in [3.63, 3.8) is 0 Å². The number of nitrogens with zero attached hydrogens (tertiary/aromatic N) is 4. The van der Waals surface area contributed by atoms with Crippen LogP contribution in [0.3, 0.4) is 0 Å². The molecular weight excluding hydrogens is 339 g/mol. The average molecular weight is 358 g/mol. The van der Waals surface area contributed by atoms with Crippen LogP contribution in [-0.4, -0.2) is 45.0 Å². The van der Waals surface area contributed by atoms with Gasteiger partial charge in [0.15, 0.2) is 11.6 Å². The maximum absolute atomic E-state index is 14.0. The average Bonchev–Trinajstić information content (AvgIpc) is 3.05. The third-order valence-electron chi connectivity index (χ3n) is 3.73. The minimum atomic E-state index is -0.342. The van der Waals surface area contributed by atoms with E-state index >= 15 is 0 Å². The number of halogens is 1. The number of ether oxygens (including phenoxy) is 1. The van der Waals surface area contributed by atoms with Gasteiger partial charge in [0.25, 0.3) is 5.56 Å². The summed E-state index contributed by atoms with van der Waals surface area (Å²) in [4.78, 5) is 22.6. The summed E-state index contributed by atoms with van der Waals surface area (Å²) in [5.41, 5.74) is 0.751. The van der Waals surface area contributed by atoms with E-state index in [0.29, 0.717) is 41.9 Å². The molecule has 0 aliphatic rings. The van der Waals surface area contributed by atoms with Gasteiger partial charge >= 0.3 is 0 Å². The Morgan fingerprint density at radius 2 is 2.19 bits per heavy atom. The van der Waals surface area contributed by atoms with Crippen molar-refractivity contribution in [2.75, 3.05) is 25.6 Å². The fourth-order valence-electron chi connectivity index (χ4n) is 2.36. The number of aryl methyl sites for hydroxylation is 1. The smallest absolute Gasteiger partial charge is 0.252 e. The Balaban J connectivity index is 2.01. The van der Waals surface area contributed by atoms with Gasteiger partial charge in [-0.3, -0.25) is 4.79 Å². The molecule has 0 unspecified atom stereocenters. The molecule has 0 atom stereocenters. The van der Waals surface area contributed by atoms with Crippen LogP contribution in [-0.2, 0) is 4.74 Å². The Labute approximate surface area is 149 Å². The van der Waals surface area contributed by atoms with Crippen LogP contribution < -0.4 is 10.9 Å². The first-order chi connectivity index (χ1) is 12.6. The van der Waals surface area contributed by atoms with E-state index in [2.05, 4.69) is 25.4 Å². The van der Waals surface area contributed by atoms with Crippen LogP contribution in [0.2, 0.25) is 0 Å². The summed E-state index contributed by atoms with van der Waals surface area (Å²) in [6, 6.07) is 6.11. The van der Waals surface area contributed by atoms with Gasteiger partial charge in [-0.25, -0.2) is 9.37 Å². The number of nitrogens with one attached hydrogen (secondary N) is 2. The van der Waals surface area contributed by atoms with Crippen LogP contribution in [0.25, 0.3) is 17.2 Å². The highest BCUT2D eigenvalue weighted by Crippen LogP contribution is 2.23. The Morgan fingerprint density at radius 1 is 1.35 bits per heavy atom. The van der Waals surface area contributed by atoms with Gasteiger partial charge in [0.1, 0.15) is 5.82 Å². The summed E-state index contributed by atoms with van der Waals surface area (Å²) < 4.78 is 20.4. The predicted octanol–water partition coefficient (Wildman–Crippen LogP) is 1.91. The molecule has 136 valence electrons. The lowest BCUT2D eigenvalue weighted by atomic mass is 10.1. The van der Waals surface area contributed by atoms with E-state index in [1.807, 2.05) is 0 Å². The summed E-state index contributed by atoms with van der Waals surface area (Å²) in [5.74, 6) is 0.697. The molecule has 2 N–H and O–H groups in total. The van der Waals surface area contributed by atoms with Crippen LogP contribution in [0.1, 0.15) is 12.0 Å². The lowest BCUT2D eigenvalue weighted by molar-refractivity contribution is 0.197. The van der Waals surface area contributed by atoms with E-state index in [1.165, 1.54) is 23.1 Å². The van der Waals surface area contributed by atoms with Crippen molar-refractivity contribution in [3.8, 4) is 17.2 Å². The number of benzene rings is 1. The van der Waals surface area contributed by atoms with E-state index in [1.54, 1.807) is 26.2 Å². The number of rotatable bonds is 7. The molecule has 0 spiro atoms. The first-order valence-corrected chi connectivity index (χ1v) is 8.10. The minimum Gasteiger partial charge on any atom is -0.385 e. The minimum absolute atomic E-state index is 0.294. The van der Waals surface area contributed by atoms with Gasteiger partial charge in [0, 0.05) is 31.9 Å². The third-order valence-corrected chi connectivity index (χ3v) is 3.73. The van der Waals surface area contributed by atoms with Gasteiger partial charge in [-0.2, -0.15) is 9.67 Å². The molecule has 0 aliphatic heterocycles. The quantitative estimate of drug-likeness (QED) is 0.626. The second-order valence-electron chi connectivity index (χ2n) is 5.68. The van der Waals surface area contributed by atoms with Crippen LogP contribution in [0.5, 0.6) is 0 Å². The highest BCUT2D eigenvalue weighted by molar-refractivity contribution is 5.59. The molecule has 0 radical (unpaired) electrons. The number of aromatic amines is 1. The number of methoxy groups -OCH3 is 1. The van der Waals surface area contributed by atoms with Crippen molar-refractivity contribution in [1.29, 1.82) is 0 Å². The highest BCUT2D eigenvalue weighted by atomic mass is 19.1. The zero-order valence-electron chi connectivity index (χ0n) is 14.5. The molecule has 0 amide bonds. The zero-order valence-corrected chi connectivity index (χ0v) is 14.5. The molecule has 0 bridgehead atoms. The largest absolute Gasteiger partial charge is 0.385 e. The Hall–Kier alpha value is -3.07. The summed E-state index contributed by atoms with van der Waals surface area (Å²) >= 11 is 0. The Morgan fingerprint density at radius 3 is 2.92 bits per heavy atom. The van der Waals surface area contributed by atoms with Crippen LogP contribution in [0.4, 0.5) is 10.3 Å². The normalized spacial score (nSPS) is 10.9. The molecule has 0 saturated carbocycles. The Kier molecular flexibility index (Phi) is 5.37. The third kappa shape index (κ3) is 3.94. The molecule has 3 aromatic rings. The van der Waals surface area contributed by atoms with Gasteiger partial charge in [-0.05, 0) is 25.0 Å². The standard InChI is InChI=1S/C17H19FN6O2/c1-11-4-5-12(8-13(11)18)16-22-17(19-6-3-7-26-2)23-24(16)14-9-15(25)21-10-20-14/h4-5,8-10H,3,6-7H2,1-2H3,(H,19,23)(H,20,21,25). The monoisotopic (exact) mass is 358 g/mol. The number of aromatic nitrogens is 5. The molecule has 0 fully saturated rings. The first-order valence-electron chi connectivity index (χ1n) is 8.10. The summed E-state index contributed by atoms with van der Waals surface area (Å²) in [5, 5.41) is 7.45. The zero-order chi connectivity index (χ0) is 18.5. The van der Waals surface area contributed by atoms with E-state index in [-0.39, 0.29) is 11.4 Å². The van der Waals surface area contributed by atoms with Gasteiger partial charge in [-0.1, -0.05) is 12.1 Å². The van der Waals surface area contributed by atoms with E-state index in [9.17, 15) is 9.18 Å². The molecule has 3 rings (SSSR count). The molecule has 8 nitrogen and oxygen atoms in total. The molecule has 1 aromatic carbocycles. The lowest BCUT2D eigenvalue weighted by Gasteiger charge is -2.05. The second-order valence-corrected chi connectivity index (χ2v) is 5.68. The van der Waals surface area contributed by atoms with Crippen LogP contribution >= 0.6 is 0 Å². The number of hydrogen-bond donors (Lipinski definition) is 2. The fraction of sp³-hybridized carbons (Fsp3) is 0.294. The molecule has 9 heteroatoms. The molecule has 0 aliphatic carbocycles. The van der Waals surface area contributed by atoms with Crippen molar-refractivity contribution in [3.05, 3.63) is 52.3 Å². The van der Waals surface area contributed by atoms with Gasteiger partial charge in [0.2, 0.25) is 5.95 Å². The molecule has 0 saturated heterocycles. The topological polar surface area (TPSA) is 97.7 Å². The van der Waals surface area contributed by atoms with Gasteiger partial charge < -0.3 is 15.0 Å². The summed E-state index contributed by atoms with van der Waals surface area (Å²) in [6.45, 7) is 2.91. The predicted molar refractivity (Wildman–Crippen MR) is 94.9 cm³/mol. The molecular formula is C17H19FN6O2. The summed E-state index contributed by atoms with van der Waals surface area (Å²) in [7, 11) is 1.63. The second kappa shape index (κ2) is 7.87. The fourth-order valence-corrected chi connectivity index (χ4v) is 2.36. The SMILES string of the molecule is COCCCNc1nc(-c2ccc(C)c(F)c2)n(-c2cc(=O)[nH]cn2)n1. The van der Waals surface area contributed by atoms with Crippen molar-refractivity contribution in [2.45, 2.75) is 13.3 Å². The van der Waals surface area contributed by atoms with E-state index in [4.69, 9.17) is 4.74 Å².